The first-order valence-electron chi connectivity index (χ1n) is 7.58. The van der Waals surface area contributed by atoms with Gasteiger partial charge in [-0.2, -0.15) is 5.26 Å². The molecule has 1 atom stereocenters. The molecule has 0 aliphatic rings. The van der Waals surface area contributed by atoms with Gasteiger partial charge in [0.25, 0.3) is 0 Å². The van der Waals surface area contributed by atoms with Crippen molar-refractivity contribution >= 4 is 17.4 Å². The van der Waals surface area contributed by atoms with Gasteiger partial charge in [0.2, 0.25) is 0 Å². The molecule has 5 nitrogen and oxygen atoms in total. The van der Waals surface area contributed by atoms with E-state index in [0.29, 0.717) is 16.8 Å². The quantitative estimate of drug-likeness (QED) is 0.823. The van der Waals surface area contributed by atoms with Crippen LogP contribution in [0.1, 0.15) is 18.2 Å². The van der Waals surface area contributed by atoms with Crippen LogP contribution in [0, 0.1) is 17.2 Å². The molecule has 0 spiro atoms. The summed E-state index contributed by atoms with van der Waals surface area (Å²) in [5.74, 6) is 2.47. The van der Waals surface area contributed by atoms with E-state index in [1.165, 1.54) is 5.56 Å². The Morgan fingerprint density at radius 1 is 1.21 bits per heavy atom. The number of aromatic nitrogens is 1. The maximum Gasteiger partial charge on any atom is 0.161 e. The van der Waals surface area contributed by atoms with Crippen LogP contribution < -0.4 is 14.8 Å². The maximum absolute atomic E-state index is 8.96. The van der Waals surface area contributed by atoms with E-state index in [0.717, 1.165) is 24.5 Å². The molecule has 1 N–H and O–H groups in total. The Balaban J connectivity index is 1.96. The van der Waals surface area contributed by atoms with Crippen LogP contribution in [-0.4, -0.2) is 25.7 Å². The molecule has 126 valence electrons. The van der Waals surface area contributed by atoms with Gasteiger partial charge in [-0.05, 0) is 42.2 Å². The van der Waals surface area contributed by atoms with E-state index in [1.807, 2.05) is 24.3 Å². The average Bonchev–Trinajstić information content (AvgIpc) is 2.60. The van der Waals surface area contributed by atoms with E-state index in [9.17, 15) is 0 Å². The number of anilines is 1. The van der Waals surface area contributed by atoms with Gasteiger partial charge in [0.05, 0.1) is 19.2 Å². The number of nitriles is 1. The van der Waals surface area contributed by atoms with Crippen LogP contribution in [0.3, 0.4) is 0 Å². The van der Waals surface area contributed by atoms with Crippen molar-refractivity contribution in [2.45, 2.75) is 13.3 Å². The van der Waals surface area contributed by atoms with Crippen LogP contribution in [0.4, 0.5) is 5.82 Å². The predicted octanol–water partition coefficient (Wildman–Crippen LogP) is 3.91. The summed E-state index contributed by atoms with van der Waals surface area (Å²) in [6.07, 6.45) is 0.881. The molecule has 0 saturated heterocycles. The second-order valence-corrected chi connectivity index (χ2v) is 5.93. The molecule has 0 aliphatic heterocycles. The number of nitrogens with zero attached hydrogens (tertiary/aromatic N) is 2. The number of ether oxygens (including phenoxy) is 2. The van der Waals surface area contributed by atoms with E-state index in [-0.39, 0.29) is 5.69 Å². The summed E-state index contributed by atoms with van der Waals surface area (Å²) in [4.78, 5) is 4.18. The van der Waals surface area contributed by atoms with Crippen LogP contribution >= 0.6 is 11.6 Å². The lowest BCUT2D eigenvalue weighted by Gasteiger charge is -2.15. The molecule has 1 aromatic carbocycles. The Morgan fingerprint density at radius 3 is 2.62 bits per heavy atom. The number of hydrogen-bond acceptors (Lipinski definition) is 5. The summed E-state index contributed by atoms with van der Waals surface area (Å²) in [6.45, 7) is 2.87. The molecule has 1 aromatic heterocycles. The molecule has 0 aliphatic carbocycles. The van der Waals surface area contributed by atoms with Crippen LogP contribution in [0.5, 0.6) is 11.5 Å². The molecular weight excluding hydrogens is 326 g/mol. The Morgan fingerprint density at radius 2 is 1.96 bits per heavy atom. The third-order valence-corrected chi connectivity index (χ3v) is 3.92. The van der Waals surface area contributed by atoms with Crippen LogP contribution in [0.15, 0.2) is 30.3 Å². The first-order chi connectivity index (χ1) is 11.6. The van der Waals surface area contributed by atoms with Gasteiger partial charge >= 0.3 is 0 Å². The minimum atomic E-state index is 0.231. The lowest BCUT2D eigenvalue weighted by molar-refractivity contribution is 0.354. The van der Waals surface area contributed by atoms with E-state index in [1.54, 1.807) is 26.4 Å². The number of pyridine rings is 1. The van der Waals surface area contributed by atoms with Crippen LogP contribution in [0.2, 0.25) is 5.02 Å². The Kier molecular flexibility index (Phi) is 6.28. The second kappa shape index (κ2) is 8.42. The van der Waals surface area contributed by atoms with Gasteiger partial charge in [0.15, 0.2) is 17.2 Å². The molecule has 2 aromatic rings. The number of hydrogen-bond donors (Lipinski definition) is 1. The fourth-order valence-corrected chi connectivity index (χ4v) is 2.53. The van der Waals surface area contributed by atoms with Gasteiger partial charge in [0, 0.05) is 6.54 Å². The molecule has 0 saturated carbocycles. The van der Waals surface area contributed by atoms with Gasteiger partial charge in [0.1, 0.15) is 11.9 Å². The summed E-state index contributed by atoms with van der Waals surface area (Å²) in [6, 6.07) is 11.4. The number of rotatable bonds is 7. The number of nitrogens with one attached hydrogen (secondary N) is 1. The van der Waals surface area contributed by atoms with Gasteiger partial charge < -0.3 is 14.8 Å². The highest BCUT2D eigenvalue weighted by Gasteiger charge is 2.09. The van der Waals surface area contributed by atoms with Gasteiger partial charge in [-0.15, -0.1) is 0 Å². The summed E-state index contributed by atoms with van der Waals surface area (Å²) in [7, 11) is 3.25. The van der Waals surface area contributed by atoms with E-state index in [4.69, 9.17) is 26.3 Å². The number of halogens is 1. The molecular formula is C18H20ClN3O2. The molecule has 0 amide bonds. The Bertz CT molecular complexity index is 744. The van der Waals surface area contributed by atoms with Crippen molar-refractivity contribution in [1.29, 1.82) is 5.26 Å². The van der Waals surface area contributed by atoms with Gasteiger partial charge in [-0.3, -0.25) is 0 Å². The SMILES string of the molecule is COc1ccc(CC(C)CNc2ccc(Cl)c(C#N)n2)cc1OC. The minimum Gasteiger partial charge on any atom is -0.493 e. The standard InChI is InChI=1S/C18H20ClN3O2/c1-12(8-13-4-6-16(23-2)17(9-13)24-3)11-21-18-7-5-14(19)15(10-20)22-18/h4-7,9,12H,8,11H2,1-3H3,(H,21,22). The summed E-state index contributed by atoms with van der Waals surface area (Å²) < 4.78 is 10.6. The first kappa shape index (κ1) is 17.9. The third-order valence-electron chi connectivity index (χ3n) is 3.62. The van der Waals surface area contributed by atoms with Crippen molar-refractivity contribution < 1.29 is 9.47 Å². The van der Waals surface area contributed by atoms with Crippen molar-refractivity contribution in [3.05, 3.63) is 46.6 Å². The fourth-order valence-electron chi connectivity index (χ4n) is 2.38. The van der Waals surface area contributed by atoms with Crippen molar-refractivity contribution in [2.75, 3.05) is 26.1 Å². The molecule has 0 fully saturated rings. The highest BCUT2D eigenvalue weighted by atomic mass is 35.5. The summed E-state index contributed by atoms with van der Waals surface area (Å²) in [5, 5.41) is 12.6. The van der Waals surface area contributed by atoms with Crippen molar-refractivity contribution in [3.63, 3.8) is 0 Å². The molecule has 1 unspecified atom stereocenters. The minimum absolute atomic E-state index is 0.231. The van der Waals surface area contributed by atoms with Gasteiger partial charge in [-0.25, -0.2) is 4.98 Å². The molecule has 0 bridgehead atoms. The lowest BCUT2D eigenvalue weighted by atomic mass is 10.0. The van der Waals surface area contributed by atoms with Crippen LogP contribution in [-0.2, 0) is 6.42 Å². The normalized spacial score (nSPS) is 11.5. The molecule has 6 heteroatoms. The monoisotopic (exact) mass is 345 g/mol. The lowest BCUT2D eigenvalue weighted by Crippen LogP contribution is -2.14. The Labute approximate surface area is 147 Å². The first-order valence-corrected chi connectivity index (χ1v) is 7.96. The third kappa shape index (κ3) is 4.53. The van der Waals surface area contributed by atoms with Crippen LogP contribution in [0.25, 0.3) is 0 Å². The molecule has 2 rings (SSSR count). The highest BCUT2D eigenvalue weighted by Crippen LogP contribution is 2.28. The molecule has 1 heterocycles. The smallest absolute Gasteiger partial charge is 0.161 e. The van der Waals surface area contributed by atoms with Crippen molar-refractivity contribution in [2.24, 2.45) is 5.92 Å². The number of methoxy groups -OCH3 is 2. The largest absolute Gasteiger partial charge is 0.493 e. The topological polar surface area (TPSA) is 67.2 Å². The summed E-state index contributed by atoms with van der Waals surface area (Å²) in [5.41, 5.74) is 1.40. The van der Waals surface area contributed by atoms with Crippen molar-refractivity contribution in [1.82, 2.24) is 4.98 Å². The van der Waals surface area contributed by atoms with Gasteiger partial charge in [-0.1, -0.05) is 24.6 Å². The zero-order valence-electron chi connectivity index (χ0n) is 14.0. The zero-order chi connectivity index (χ0) is 17.5. The second-order valence-electron chi connectivity index (χ2n) is 5.52. The molecule has 24 heavy (non-hydrogen) atoms. The Hall–Kier alpha value is -2.45. The molecule has 0 radical (unpaired) electrons. The zero-order valence-corrected chi connectivity index (χ0v) is 14.7. The van der Waals surface area contributed by atoms with E-state index >= 15 is 0 Å². The summed E-state index contributed by atoms with van der Waals surface area (Å²) >= 11 is 5.88. The fraction of sp³-hybridized carbons (Fsp3) is 0.333. The van der Waals surface area contributed by atoms with E-state index < -0.39 is 0 Å². The average molecular weight is 346 g/mol. The maximum atomic E-state index is 8.96. The highest BCUT2D eigenvalue weighted by molar-refractivity contribution is 6.31. The predicted molar refractivity (Wildman–Crippen MR) is 94.9 cm³/mol. The van der Waals surface area contributed by atoms with Crippen molar-refractivity contribution in [3.8, 4) is 17.6 Å². The number of benzene rings is 1. The van der Waals surface area contributed by atoms with E-state index in [2.05, 4.69) is 17.2 Å².